The molecule has 0 aliphatic heterocycles. The van der Waals surface area contributed by atoms with Crippen molar-refractivity contribution in [3.63, 3.8) is 0 Å². The Kier molecular flexibility index (Phi) is 2.19. The maximum atomic E-state index is 11.0. The van der Waals surface area contributed by atoms with Gasteiger partial charge in [-0.2, -0.15) is 0 Å². The number of fused-ring (bicyclic) bond motifs is 3. The first-order chi connectivity index (χ1) is 8.70. The number of benzene rings is 2. The molecule has 3 rings (SSSR count). The van der Waals surface area contributed by atoms with Crippen LogP contribution in [-0.2, 0) is 0 Å². The van der Waals surface area contributed by atoms with Crippen molar-refractivity contribution in [3.8, 4) is 5.75 Å². The van der Waals surface area contributed by atoms with Crippen molar-refractivity contribution in [2.45, 2.75) is 0 Å². The van der Waals surface area contributed by atoms with E-state index in [4.69, 9.17) is 9.15 Å². The Morgan fingerprint density at radius 1 is 1.17 bits per heavy atom. The molecule has 0 saturated heterocycles. The summed E-state index contributed by atoms with van der Waals surface area (Å²) in [6.07, 6.45) is 0. The third-order valence-electron chi connectivity index (χ3n) is 2.87. The van der Waals surface area contributed by atoms with Gasteiger partial charge in [-0.25, -0.2) is 0 Å². The largest absolute Gasteiger partial charge is 0.490 e. The summed E-state index contributed by atoms with van der Waals surface area (Å²) in [4.78, 5) is 10.5. The molecule has 0 aliphatic rings. The molecule has 5 heteroatoms. The standard InChI is InChI=1S/C13H9NO4/c1-17-13-7-12-9(6-10(13)14(15)16)8-4-2-3-5-11(8)18-12/h2-7H,1H3. The van der Waals surface area contributed by atoms with E-state index in [0.717, 1.165) is 10.8 Å². The summed E-state index contributed by atoms with van der Waals surface area (Å²) in [5.74, 6) is 0.201. The minimum absolute atomic E-state index is 0.0587. The molecule has 0 saturated carbocycles. The molecule has 5 nitrogen and oxygen atoms in total. The van der Waals surface area contributed by atoms with Gasteiger partial charge in [0.15, 0.2) is 0 Å². The summed E-state index contributed by atoms with van der Waals surface area (Å²) in [7, 11) is 1.40. The highest BCUT2D eigenvalue weighted by molar-refractivity contribution is 6.06. The second kappa shape index (κ2) is 3.73. The molecule has 1 heterocycles. The molecule has 18 heavy (non-hydrogen) atoms. The van der Waals surface area contributed by atoms with E-state index >= 15 is 0 Å². The highest BCUT2D eigenvalue weighted by Gasteiger charge is 2.19. The number of hydrogen-bond donors (Lipinski definition) is 0. The molecule has 90 valence electrons. The minimum atomic E-state index is -0.458. The van der Waals surface area contributed by atoms with Crippen molar-refractivity contribution in [2.24, 2.45) is 0 Å². The Morgan fingerprint density at radius 3 is 2.67 bits per heavy atom. The molecule has 0 aliphatic carbocycles. The lowest BCUT2D eigenvalue weighted by atomic mass is 10.1. The predicted octanol–water partition coefficient (Wildman–Crippen LogP) is 3.50. The van der Waals surface area contributed by atoms with Gasteiger partial charge in [0, 0.05) is 22.9 Å². The zero-order chi connectivity index (χ0) is 12.7. The second-order valence-corrected chi connectivity index (χ2v) is 3.88. The maximum absolute atomic E-state index is 11.0. The Hall–Kier alpha value is -2.56. The van der Waals surface area contributed by atoms with Gasteiger partial charge in [-0.05, 0) is 6.07 Å². The van der Waals surface area contributed by atoms with Crippen molar-refractivity contribution in [3.05, 3.63) is 46.5 Å². The van der Waals surface area contributed by atoms with E-state index in [2.05, 4.69) is 0 Å². The number of nitro benzene ring substituents is 1. The van der Waals surface area contributed by atoms with E-state index < -0.39 is 4.92 Å². The van der Waals surface area contributed by atoms with Crippen LogP contribution >= 0.6 is 0 Å². The molecule has 1 aromatic heterocycles. The molecule has 0 amide bonds. The van der Waals surface area contributed by atoms with Crippen LogP contribution < -0.4 is 4.74 Å². The fourth-order valence-electron chi connectivity index (χ4n) is 2.05. The number of hydrogen-bond acceptors (Lipinski definition) is 4. The van der Waals surface area contributed by atoms with Crippen molar-refractivity contribution in [1.29, 1.82) is 0 Å². The van der Waals surface area contributed by atoms with Crippen molar-refractivity contribution in [2.75, 3.05) is 7.11 Å². The Morgan fingerprint density at radius 2 is 1.94 bits per heavy atom. The van der Waals surface area contributed by atoms with Crippen LogP contribution in [0.5, 0.6) is 5.75 Å². The van der Waals surface area contributed by atoms with Crippen LogP contribution in [-0.4, -0.2) is 12.0 Å². The molecule has 0 fully saturated rings. The van der Waals surface area contributed by atoms with Gasteiger partial charge >= 0.3 is 5.69 Å². The lowest BCUT2D eigenvalue weighted by Crippen LogP contribution is -1.93. The van der Waals surface area contributed by atoms with Gasteiger partial charge in [-0.1, -0.05) is 18.2 Å². The zero-order valence-electron chi connectivity index (χ0n) is 9.54. The van der Waals surface area contributed by atoms with E-state index in [1.165, 1.54) is 13.2 Å². The quantitative estimate of drug-likeness (QED) is 0.510. The van der Waals surface area contributed by atoms with Crippen LogP contribution in [0.1, 0.15) is 0 Å². The molecular weight excluding hydrogens is 234 g/mol. The molecule has 0 bridgehead atoms. The summed E-state index contributed by atoms with van der Waals surface area (Å²) in [6, 6.07) is 10.5. The van der Waals surface area contributed by atoms with Crippen LogP contribution in [0.4, 0.5) is 5.69 Å². The normalized spacial score (nSPS) is 10.9. The fraction of sp³-hybridized carbons (Fsp3) is 0.0769. The van der Waals surface area contributed by atoms with Gasteiger partial charge in [0.1, 0.15) is 11.2 Å². The molecule has 2 aromatic carbocycles. The maximum Gasteiger partial charge on any atom is 0.311 e. The lowest BCUT2D eigenvalue weighted by molar-refractivity contribution is -0.385. The average Bonchev–Trinajstić information content (AvgIpc) is 2.74. The Bertz CT molecular complexity index is 760. The minimum Gasteiger partial charge on any atom is -0.490 e. The molecule has 0 radical (unpaired) electrons. The summed E-state index contributed by atoms with van der Waals surface area (Å²) >= 11 is 0. The lowest BCUT2D eigenvalue weighted by Gasteiger charge is -2.00. The third-order valence-corrected chi connectivity index (χ3v) is 2.87. The highest BCUT2D eigenvalue weighted by atomic mass is 16.6. The van der Waals surface area contributed by atoms with Crippen molar-refractivity contribution in [1.82, 2.24) is 0 Å². The van der Waals surface area contributed by atoms with Gasteiger partial charge in [0.2, 0.25) is 5.75 Å². The number of ether oxygens (including phenoxy) is 1. The topological polar surface area (TPSA) is 65.5 Å². The van der Waals surface area contributed by atoms with Crippen LogP contribution in [0.3, 0.4) is 0 Å². The van der Waals surface area contributed by atoms with Crippen molar-refractivity contribution >= 4 is 27.6 Å². The highest BCUT2D eigenvalue weighted by Crippen LogP contribution is 2.37. The van der Waals surface area contributed by atoms with Crippen molar-refractivity contribution < 1.29 is 14.1 Å². The number of nitrogens with zero attached hydrogens (tertiary/aromatic N) is 1. The number of methoxy groups -OCH3 is 1. The van der Waals surface area contributed by atoms with Gasteiger partial charge in [0.05, 0.1) is 12.0 Å². The van der Waals surface area contributed by atoms with E-state index in [1.54, 1.807) is 6.07 Å². The van der Waals surface area contributed by atoms with Gasteiger partial charge in [-0.15, -0.1) is 0 Å². The second-order valence-electron chi connectivity index (χ2n) is 3.88. The van der Waals surface area contributed by atoms with E-state index in [-0.39, 0.29) is 11.4 Å². The van der Waals surface area contributed by atoms with Gasteiger partial charge < -0.3 is 9.15 Å². The molecular formula is C13H9NO4. The first-order valence-electron chi connectivity index (χ1n) is 5.34. The van der Waals surface area contributed by atoms with Crippen LogP contribution in [0, 0.1) is 10.1 Å². The first-order valence-corrected chi connectivity index (χ1v) is 5.34. The van der Waals surface area contributed by atoms with Gasteiger partial charge in [0.25, 0.3) is 0 Å². The van der Waals surface area contributed by atoms with Crippen LogP contribution in [0.25, 0.3) is 21.9 Å². The smallest absolute Gasteiger partial charge is 0.311 e. The summed E-state index contributed by atoms with van der Waals surface area (Å²) < 4.78 is 10.6. The van der Waals surface area contributed by atoms with E-state index in [1.807, 2.05) is 24.3 Å². The molecule has 0 atom stereocenters. The number of furan rings is 1. The first kappa shape index (κ1) is 10.6. The zero-order valence-corrected chi connectivity index (χ0v) is 9.54. The SMILES string of the molecule is COc1cc2oc3ccccc3c2cc1[N+](=O)[O-]. The molecule has 3 aromatic rings. The molecule has 0 spiro atoms. The Labute approximate surface area is 102 Å². The fourth-order valence-corrected chi connectivity index (χ4v) is 2.05. The average molecular weight is 243 g/mol. The summed E-state index contributed by atoms with van der Waals surface area (Å²) in [5.41, 5.74) is 1.23. The van der Waals surface area contributed by atoms with Gasteiger partial charge in [-0.3, -0.25) is 10.1 Å². The summed E-state index contributed by atoms with van der Waals surface area (Å²) in [5, 5.41) is 12.6. The monoisotopic (exact) mass is 243 g/mol. The van der Waals surface area contributed by atoms with Crippen LogP contribution in [0.15, 0.2) is 40.8 Å². The predicted molar refractivity (Wildman–Crippen MR) is 66.9 cm³/mol. The van der Waals surface area contributed by atoms with Crippen LogP contribution in [0.2, 0.25) is 0 Å². The van der Waals surface area contributed by atoms with E-state index in [0.29, 0.717) is 11.2 Å². The number of para-hydroxylation sites is 1. The summed E-state index contributed by atoms with van der Waals surface area (Å²) in [6.45, 7) is 0. The molecule has 0 unspecified atom stereocenters. The number of nitro groups is 1. The third kappa shape index (κ3) is 1.41. The molecule has 0 N–H and O–H groups in total. The Balaban J connectivity index is 2.44. The number of rotatable bonds is 2. The van der Waals surface area contributed by atoms with E-state index in [9.17, 15) is 10.1 Å².